The first-order valence-electron chi connectivity index (χ1n) is 5.32. The van der Waals surface area contributed by atoms with Gasteiger partial charge >= 0.3 is 0 Å². The molecule has 3 aliphatic rings. The monoisotopic (exact) mass is 216 g/mol. The molecule has 0 spiro atoms. The van der Waals surface area contributed by atoms with Crippen LogP contribution in [-0.2, 0) is 4.79 Å². The Morgan fingerprint density at radius 1 is 1.43 bits per heavy atom. The smallest absolute Gasteiger partial charge is 0.237 e. The molecular formula is C10H17ClN2O. The molecule has 3 fully saturated rings. The fourth-order valence-corrected chi connectivity index (χ4v) is 2.72. The Balaban J connectivity index is 2.13. The van der Waals surface area contributed by atoms with Gasteiger partial charge in [-0.05, 0) is 19.8 Å². The summed E-state index contributed by atoms with van der Waals surface area (Å²) >= 11 is 5.62. The van der Waals surface area contributed by atoms with Crippen molar-refractivity contribution >= 4 is 17.5 Å². The quantitative estimate of drug-likeness (QED) is 0.609. The maximum atomic E-state index is 11.6. The second-order valence-corrected chi connectivity index (χ2v) is 4.56. The van der Waals surface area contributed by atoms with Crippen molar-refractivity contribution in [3.05, 3.63) is 0 Å². The van der Waals surface area contributed by atoms with Crippen LogP contribution in [0.4, 0.5) is 0 Å². The van der Waals surface area contributed by atoms with Gasteiger partial charge in [-0.2, -0.15) is 0 Å². The number of amides is 1. The Bertz CT molecular complexity index is 226. The van der Waals surface area contributed by atoms with E-state index in [0.717, 1.165) is 32.5 Å². The van der Waals surface area contributed by atoms with Gasteiger partial charge in [0.2, 0.25) is 5.91 Å². The van der Waals surface area contributed by atoms with Crippen LogP contribution in [0.15, 0.2) is 0 Å². The molecule has 0 aliphatic carbocycles. The molecule has 3 heterocycles. The van der Waals surface area contributed by atoms with Crippen LogP contribution in [0.5, 0.6) is 0 Å². The van der Waals surface area contributed by atoms with Gasteiger partial charge in [-0.1, -0.05) is 0 Å². The number of carbonyl (C=O) groups excluding carboxylic acids is 1. The van der Waals surface area contributed by atoms with E-state index in [0.29, 0.717) is 12.1 Å². The Kier molecular flexibility index (Phi) is 2.98. The molecule has 2 bridgehead atoms. The summed E-state index contributed by atoms with van der Waals surface area (Å²) in [6, 6.07) is 0.942. The molecule has 0 aromatic heterocycles. The van der Waals surface area contributed by atoms with Gasteiger partial charge in [0, 0.05) is 31.7 Å². The zero-order chi connectivity index (χ0) is 10.1. The molecule has 3 nitrogen and oxygen atoms in total. The molecular weight excluding hydrogens is 200 g/mol. The van der Waals surface area contributed by atoms with E-state index in [4.69, 9.17) is 11.6 Å². The minimum Gasteiger partial charge on any atom is -0.337 e. The number of nitrogens with zero attached hydrogens (tertiary/aromatic N) is 2. The van der Waals surface area contributed by atoms with Gasteiger partial charge in [0.15, 0.2) is 0 Å². The van der Waals surface area contributed by atoms with Crippen molar-refractivity contribution in [1.29, 1.82) is 0 Å². The molecule has 0 radical (unpaired) electrons. The highest BCUT2D eigenvalue weighted by molar-refractivity contribution is 6.27. The highest BCUT2D eigenvalue weighted by Gasteiger charge is 2.34. The molecule has 3 saturated heterocycles. The van der Waals surface area contributed by atoms with Crippen LogP contribution < -0.4 is 0 Å². The van der Waals surface area contributed by atoms with Crippen LogP contribution in [-0.4, -0.2) is 53.3 Å². The molecule has 1 unspecified atom stereocenters. The second kappa shape index (κ2) is 4.07. The highest BCUT2D eigenvalue weighted by Crippen LogP contribution is 2.24. The number of halogens is 1. The van der Waals surface area contributed by atoms with Crippen molar-refractivity contribution in [3.63, 3.8) is 0 Å². The largest absolute Gasteiger partial charge is 0.337 e. The number of fused-ring (bicyclic) bond motifs is 4. The van der Waals surface area contributed by atoms with Crippen molar-refractivity contribution < 1.29 is 4.79 Å². The third-order valence-electron chi connectivity index (χ3n) is 3.46. The van der Waals surface area contributed by atoms with Crippen LogP contribution >= 0.6 is 11.6 Å². The van der Waals surface area contributed by atoms with E-state index >= 15 is 0 Å². The first-order chi connectivity index (χ1) is 6.72. The van der Waals surface area contributed by atoms with Crippen molar-refractivity contribution in [2.24, 2.45) is 0 Å². The predicted octanol–water partition coefficient (Wildman–Crippen LogP) is 0.920. The Morgan fingerprint density at radius 3 is 2.64 bits per heavy atom. The Hall–Kier alpha value is -0.280. The summed E-state index contributed by atoms with van der Waals surface area (Å²) in [4.78, 5) is 16.1. The van der Waals surface area contributed by atoms with Crippen LogP contribution in [0.1, 0.15) is 19.8 Å². The molecule has 0 aromatic rings. The summed E-state index contributed by atoms with van der Waals surface area (Å²) < 4.78 is 0. The topological polar surface area (TPSA) is 23.6 Å². The molecule has 1 atom stereocenters. The maximum Gasteiger partial charge on any atom is 0.237 e. The fraction of sp³-hybridized carbons (Fsp3) is 0.900. The van der Waals surface area contributed by atoms with Gasteiger partial charge in [-0.25, -0.2) is 0 Å². The number of carbonyl (C=O) groups is 1. The van der Waals surface area contributed by atoms with E-state index in [-0.39, 0.29) is 11.8 Å². The third kappa shape index (κ3) is 1.75. The molecule has 3 rings (SSSR count). The van der Waals surface area contributed by atoms with E-state index in [9.17, 15) is 4.79 Å². The fourth-order valence-electron chi connectivity index (χ4n) is 2.57. The SMILES string of the molecule is CC1CN(C(=O)CCl)C2CCN1CC2. The first-order valence-corrected chi connectivity index (χ1v) is 5.85. The van der Waals surface area contributed by atoms with Crippen molar-refractivity contribution in [2.75, 3.05) is 25.5 Å². The molecule has 0 aromatic carbocycles. The summed E-state index contributed by atoms with van der Waals surface area (Å²) in [7, 11) is 0. The predicted molar refractivity (Wildman–Crippen MR) is 56.5 cm³/mol. The van der Waals surface area contributed by atoms with Crippen LogP contribution in [0.2, 0.25) is 0 Å². The van der Waals surface area contributed by atoms with E-state index in [1.54, 1.807) is 0 Å². The lowest BCUT2D eigenvalue weighted by Crippen LogP contribution is -2.42. The summed E-state index contributed by atoms with van der Waals surface area (Å²) in [5.74, 6) is 0.232. The molecule has 1 amide bonds. The van der Waals surface area contributed by atoms with E-state index in [2.05, 4.69) is 11.8 Å². The van der Waals surface area contributed by atoms with E-state index < -0.39 is 0 Å². The van der Waals surface area contributed by atoms with Crippen LogP contribution in [0, 0.1) is 0 Å². The Labute approximate surface area is 90.0 Å². The lowest BCUT2D eigenvalue weighted by atomic mass is 10.1. The molecule has 0 saturated carbocycles. The number of alkyl halides is 1. The molecule has 0 N–H and O–H groups in total. The number of hydrogen-bond acceptors (Lipinski definition) is 2. The summed E-state index contributed by atoms with van der Waals surface area (Å²) in [6.45, 7) is 5.33. The van der Waals surface area contributed by atoms with Gasteiger partial charge in [-0.3, -0.25) is 9.69 Å². The van der Waals surface area contributed by atoms with Crippen molar-refractivity contribution in [2.45, 2.75) is 31.8 Å². The van der Waals surface area contributed by atoms with Crippen molar-refractivity contribution in [1.82, 2.24) is 9.80 Å². The lowest BCUT2D eigenvalue weighted by molar-refractivity contribution is -0.130. The lowest BCUT2D eigenvalue weighted by Gasteiger charge is -2.31. The minimum absolute atomic E-state index is 0.104. The number of piperidine rings is 1. The van der Waals surface area contributed by atoms with Crippen LogP contribution in [0.3, 0.4) is 0 Å². The zero-order valence-electron chi connectivity index (χ0n) is 8.58. The number of hydrogen-bond donors (Lipinski definition) is 0. The average Bonchev–Trinajstić information content (AvgIpc) is 2.47. The number of rotatable bonds is 1. The van der Waals surface area contributed by atoms with Gasteiger partial charge in [0.1, 0.15) is 5.88 Å². The maximum absolute atomic E-state index is 11.6. The summed E-state index contributed by atoms with van der Waals surface area (Å²) in [5.41, 5.74) is 0. The first kappa shape index (κ1) is 10.2. The summed E-state index contributed by atoms with van der Waals surface area (Å²) in [5, 5.41) is 0. The van der Waals surface area contributed by atoms with Gasteiger partial charge < -0.3 is 4.90 Å². The highest BCUT2D eigenvalue weighted by atomic mass is 35.5. The van der Waals surface area contributed by atoms with Gasteiger partial charge in [-0.15, -0.1) is 11.6 Å². The van der Waals surface area contributed by atoms with Crippen molar-refractivity contribution in [3.8, 4) is 0 Å². The van der Waals surface area contributed by atoms with E-state index in [1.165, 1.54) is 0 Å². The standard InChI is InChI=1S/C10H17ClN2O/c1-8-7-13(10(14)6-11)9-2-4-12(8)5-3-9/h8-9H,2-7H2,1H3. The average molecular weight is 217 g/mol. The van der Waals surface area contributed by atoms with Gasteiger partial charge in [0.05, 0.1) is 0 Å². The van der Waals surface area contributed by atoms with E-state index in [1.807, 2.05) is 4.90 Å². The third-order valence-corrected chi connectivity index (χ3v) is 3.69. The molecule has 3 aliphatic heterocycles. The van der Waals surface area contributed by atoms with Gasteiger partial charge in [0.25, 0.3) is 0 Å². The molecule has 80 valence electrons. The summed E-state index contributed by atoms with van der Waals surface area (Å²) in [6.07, 6.45) is 2.24. The zero-order valence-corrected chi connectivity index (χ0v) is 9.33. The Morgan fingerprint density at radius 2 is 2.07 bits per heavy atom. The minimum atomic E-state index is 0.104. The van der Waals surface area contributed by atoms with Crippen LogP contribution in [0.25, 0.3) is 0 Å². The second-order valence-electron chi connectivity index (χ2n) is 4.30. The normalized spacial score (nSPS) is 37.0. The molecule has 14 heavy (non-hydrogen) atoms. The molecule has 4 heteroatoms.